The molecule has 0 bridgehead atoms. The number of hydrogen-bond acceptors (Lipinski definition) is 7. The Labute approximate surface area is 164 Å². The van der Waals surface area contributed by atoms with Crippen LogP contribution in [0, 0.1) is 5.41 Å². The van der Waals surface area contributed by atoms with Crippen LogP contribution in [0.1, 0.15) is 40.5 Å². The summed E-state index contributed by atoms with van der Waals surface area (Å²) < 4.78 is 11.4. The molecule has 1 aliphatic heterocycles. The van der Waals surface area contributed by atoms with E-state index in [4.69, 9.17) is 20.3 Å². The highest BCUT2D eigenvalue weighted by Gasteiger charge is 2.45. The first-order valence-corrected chi connectivity index (χ1v) is 9.84. The number of aliphatic carboxylic acids is 1. The largest absolute Gasteiger partial charge is 0.478 e. The van der Waals surface area contributed by atoms with Gasteiger partial charge in [-0.2, -0.15) is 0 Å². The summed E-state index contributed by atoms with van der Waals surface area (Å²) in [6.07, 6.45) is 2.38. The van der Waals surface area contributed by atoms with Crippen LogP contribution < -0.4 is 11.1 Å². The van der Waals surface area contributed by atoms with Crippen LogP contribution in [0.2, 0.25) is 0 Å². The normalized spacial score (nSPS) is 22.3. The molecule has 1 amide bonds. The molecule has 1 fully saturated rings. The molecule has 27 heavy (non-hydrogen) atoms. The van der Waals surface area contributed by atoms with Crippen LogP contribution >= 0.6 is 11.8 Å². The first kappa shape index (κ1) is 23.6. The van der Waals surface area contributed by atoms with E-state index in [0.29, 0.717) is 31.7 Å². The van der Waals surface area contributed by atoms with Gasteiger partial charge in [-0.1, -0.05) is 25.6 Å². The number of carbonyl (C=O) groups is 3. The Hall–Kier alpha value is -1.42. The van der Waals surface area contributed by atoms with Crippen LogP contribution in [0.4, 0.5) is 0 Å². The molecule has 154 valence electrons. The summed E-state index contributed by atoms with van der Waals surface area (Å²) in [5.74, 6) is -1.65. The van der Waals surface area contributed by atoms with Gasteiger partial charge in [-0.15, -0.1) is 0 Å². The number of nitrogens with one attached hydrogen (secondary N) is 1. The molecule has 1 saturated heterocycles. The molecule has 0 spiro atoms. The number of hydrogen-bond donors (Lipinski definition) is 3. The summed E-state index contributed by atoms with van der Waals surface area (Å²) in [6, 6.07) is -0.172. The molecule has 0 aliphatic carbocycles. The second-order valence-electron chi connectivity index (χ2n) is 7.64. The van der Waals surface area contributed by atoms with Crippen LogP contribution in [0.25, 0.3) is 0 Å². The molecule has 9 heteroatoms. The van der Waals surface area contributed by atoms with Crippen molar-refractivity contribution >= 4 is 28.8 Å². The van der Waals surface area contributed by atoms with Gasteiger partial charge in [-0.25, -0.2) is 4.79 Å². The van der Waals surface area contributed by atoms with Gasteiger partial charge in [0.25, 0.3) is 0 Å². The minimum Gasteiger partial charge on any atom is -0.478 e. The van der Waals surface area contributed by atoms with Gasteiger partial charge in [0, 0.05) is 29.8 Å². The molecular formula is C18H30N2O6S. The van der Waals surface area contributed by atoms with Crippen molar-refractivity contribution in [3.05, 3.63) is 12.2 Å². The maximum atomic E-state index is 12.5. The Morgan fingerprint density at radius 2 is 1.93 bits per heavy atom. The summed E-state index contributed by atoms with van der Waals surface area (Å²) in [5, 5.41) is 11.0. The Balaban J connectivity index is 2.30. The molecule has 0 aromatic carbocycles. The number of ether oxygens (including phenoxy) is 2. The minimum absolute atomic E-state index is 0.172. The third-order valence-electron chi connectivity index (χ3n) is 4.05. The molecule has 1 aliphatic rings. The van der Waals surface area contributed by atoms with Gasteiger partial charge in [0.2, 0.25) is 11.0 Å². The van der Waals surface area contributed by atoms with Gasteiger partial charge < -0.3 is 25.6 Å². The minimum atomic E-state index is -1.16. The van der Waals surface area contributed by atoms with E-state index in [9.17, 15) is 14.4 Å². The number of carboxylic acid groups (broad SMARTS) is 1. The Bertz CT molecular complexity index is 576. The summed E-state index contributed by atoms with van der Waals surface area (Å²) in [6.45, 7) is 8.25. The smallest absolute Gasteiger partial charge is 0.328 e. The van der Waals surface area contributed by atoms with Crippen molar-refractivity contribution in [2.75, 3.05) is 18.9 Å². The van der Waals surface area contributed by atoms with E-state index in [0.717, 1.165) is 23.9 Å². The first-order valence-electron chi connectivity index (χ1n) is 8.86. The van der Waals surface area contributed by atoms with Crippen molar-refractivity contribution in [1.29, 1.82) is 0 Å². The standard InChI is InChI=1S/C18H30N2O6S/c1-17(2)11-25-18(3,4)26-15(17)16(24)20-9-7-12(19)8-10-27-14(23)6-5-13(21)22/h5-6,12,15H,7-11,19H2,1-4H3,(H,20,24)(H,21,22)/b6-5+/t12?,15-/m0/s1. The third-order valence-corrected chi connectivity index (χ3v) is 4.91. The molecule has 1 unspecified atom stereocenters. The number of carboxylic acids is 1. The lowest BCUT2D eigenvalue weighted by Crippen LogP contribution is -2.56. The van der Waals surface area contributed by atoms with E-state index in [1.54, 1.807) is 13.8 Å². The Morgan fingerprint density at radius 3 is 2.56 bits per heavy atom. The van der Waals surface area contributed by atoms with Gasteiger partial charge in [0.1, 0.15) is 6.10 Å². The SMILES string of the molecule is CC1(C)OCC(C)(C)[C@H](C(=O)NCCC(N)CCSC(=O)/C=C/C(=O)O)O1. The molecule has 2 atom stereocenters. The Kier molecular flexibility index (Phi) is 8.93. The first-order chi connectivity index (χ1) is 12.4. The van der Waals surface area contributed by atoms with Crippen LogP contribution in [0.3, 0.4) is 0 Å². The molecule has 0 aromatic rings. The van der Waals surface area contributed by atoms with E-state index < -0.39 is 23.3 Å². The highest BCUT2D eigenvalue weighted by atomic mass is 32.2. The summed E-state index contributed by atoms with van der Waals surface area (Å²) in [5.41, 5.74) is 5.58. The average molecular weight is 403 g/mol. The molecule has 1 heterocycles. The monoisotopic (exact) mass is 402 g/mol. The van der Waals surface area contributed by atoms with Gasteiger partial charge in [0.05, 0.1) is 6.61 Å². The van der Waals surface area contributed by atoms with Crippen molar-refractivity contribution in [2.24, 2.45) is 11.1 Å². The highest BCUT2D eigenvalue weighted by molar-refractivity contribution is 8.14. The molecular weight excluding hydrogens is 372 g/mol. The molecule has 0 saturated carbocycles. The summed E-state index contributed by atoms with van der Waals surface area (Å²) in [4.78, 5) is 34.2. The second-order valence-corrected chi connectivity index (χ2v) is 8.74. The van der Waals surface area contributed by atoms with Crippen molar-refractivity contribution in [1.82, 2.24) is 5.32 Å². The van der Waals surface area contributed by atoms with Gasteiger partial charge in [-0.3, -0.25) is 9.59 Å². The van der Waals surface area contributed by atoms with E-state index in [1.165, 1.54) is 0 Å². The molecule has 0 aromatic heterocycles. The van der Waals surface area contributed by atoms with Crippen molar-refractivity contribution in [2.45, 2.75) is 58.5 Å². The maximum absolute atomic E-state index is 12.5. The zero-order chi connectivity index (χ0) is 20.7. The van der Waals surface area contributed by atoms with Crippen molar-refractivity contribution < 1.29 is 29.0 Å². The van der Waals surface area contributed by atoms with Gasteiger partial charge in [0.15, 0.2) is 5.79 Å². The number of amides is 1. The predicted molar refractivity (Wildman–Crippen MR) is 103 cm³/mol. The highest BCUT2D eigenvalue weighted by Crippen LogP contribution is 2.34. The lowest BCUT2D eigenvalue weighted by Gasteiger charge is -2.44. The molecule has 8 nitrogen and oxygen atoms in total. The van der Waals surface area contributed by atoms with Crippen LogP contribution in [0.15, 0.2) is 12.2 Å². The maximum Gasteiger partial charge on any atom is 0.328 e. The quantitative estimate of drug-likeness (QED) is 0.492. The summed E-state index contributed by atoms with van der Waals surface area (Å²) in [7, 11) is 0. The predicted octanol–water partition coefficient (Wildman–Crippen LogP) is 1.29. The lowest BCUT2D eigenvalue weighted by molar-refractivity contribution is -0.304. The van der Waals surface area contributed by atoms with Gasteiger partial charge in [-0.05, 0) is 32.8 Å². The lowest BCUT2D eigenvalue weighted by atomic mass is 9.85. The third kappa shape index (κ3) is 8.87. The fraction of sp³-hybridized carbons (Fsp3) is 0.722. The average Bonchev–Trinajstić information content (AvgIpc) is 2.55. The molecule has 4 N–H and O–H groups in total. The number of carbonyl (C=O) groups excluding carboxylic acids is 2. The van der Waals surface area contributed by atoms with Crippen LogP contribution in [-0.2, 0) is 23.9 Å². The van der Waals surface area contributed by atoms with Crippen LogP contribution in [0.5, 0.6) is 0 Å². The van der Waals surface area contributed by atoms with Crippen molar-refractivity contribution in [3.8, 4) is 0 Å². The van der Waals surface area contributed by atoms with Gasteiger partial charge >= 0.3 is 5.97 Å². The van der Waals surface area contributed by atoms with E-state index in [2.05, 4.69) is 5.32 Å². The zero-order valence-electron chi connectivity index (χ0n) is 16.3. The topological polar surface area (TPSA) is 128 Å². The second kappa shape index (κ2) is 10.2. The molecule has 0 radical (unpaired) electrons. The van der Waals surface area contributed by atoms with E-state index in [1.807, 2.05) is 13.8 Å². The Morgan fingerprint density at radius 1 is 1.26 bits per heavy atom. The zero-order valence-corrected chi connectivity index (χ0v) is 17.1. The number of thioether (sulfide) groups is 1. The van der Waals surface area contributed by atoms with Crippen molar-refractivity contribution in [3.63, 3.8) is 0 Å². The fourth-order valence-electron chi connectivity index (χ4n) is 2.44. The van der Waals surface area contributed by atoms with E-state index >= 15 is 0 Å². The molecule has 1 rings (SSSR count). The summed E-state index contributed by atoms with van der Waals surface area (Å²) >= 11 is 1.02. The number of nitrogens with two attached hydrogens (primary N) is 1. The fourth-order valence-corrected chi connectivity index (χ4v) is 3.22. The number of rotatable bonds is 9. The van der Waals surface area contributed by atoms with Crippen LogP contribution in [-0.4, -0.2) is 58.9 Å². The van der Waals surface area contributed by atoms with E-state index in [-0.39, 0.29) is 17.1 Å².